The van der Waals surface area contributed by atoms with Gasteiger partial charge in [0.15, 0.2) is 5.57 Å². The smallest absolute Gasteiger partial charge is 0.351 e. The van der Waals surface area contributed by atoms with Crippen LogP contribution >= 0.6 is 0 Å². The van der Waals surface area contributed by atoms with Crippen LogP contribution in [0, 0.1) is 11.3 Å². The van der Waals surface area contributed by atoms with Crippen LogP contribution in [0.25, 0.3) is 5.57 Å². The number of fused-ring (bicyclic) bond motifs is 1. The quantitative estimate of drug-likeness (QED) is 0.501. The van der Waals surface area contributed by atoms with Gasteiger partial charge in [0, 0.05) is 11.3 Å². The van der Waals surface area contributed by atoms with Crippen molar-refractivity contribution >= 4 is 17.2 Å². The van der Waals surface area contributed by atoms with E-state index in [-0.39, 0.29) is 12.2 Å². The molecular formula is C15H14N2O2. The molecule has 1 aliphatic heterocycles. The second kappa shape index (κ2) is 5.40. The summed E-state index contributed by atoms with van der Waals surface area (Å²) in [6, 6.07) is 9.65. The lowest BCUT2D eigenvalue weighted by atomic mass is 9.99. The van der Waals surface area contributed by atoms with Gasteiger partial charge in [0.2, 0.25) is 0 Å². The van der Waals surface area contributed by atoms with Crippen molar-refractivity contribution in [2.45, 2.75) is 13.8 Å². The topological polar surface area (TPSA) is 62.1 Å². The minimum absolute atomic E-state index is 0.00398. The lowest BCUT2D eigenvalue weighted by Gasteiger charge is -2.20. The number of anilines is 1. The van der Waals surface area contributed by atoms with Gasteiger partial charge in [-0.25, -0.2) is 4.79 Å². The summed E-state index contributed by atoms with van der Waals surface area (Å²) in [5.41, 5.74) is 3.43. The third-order valence-electron chi connectivity index (χ3n) is 2.84. The maximum atomic E-state index is 11.7. The molecule has 0 spiro atoms. The Labute approximate surface area is 112 Å². The molecule has 2 rings (SSSR count). The van der Waals surface area contributed by atoms with Crippen molar-refractivity contribution in [3.05, 3.63) is 47.2 Å². The molecule has 0 fully saturated rings. The summed E-state index contributed by atoms with van der Waals surface area (Å²) in [4.78, 5) is 11.7. The first-order valence-electron chi connectivity index (χ1n) is 6.03. The molecule has 1 aromatic rings. The third kappa shape index (κ3) is 2.50. The van der Waals surface area contributed by atoms with E-state index < -0.39 is 5.97 Å². The number of esters is 1. The Hall–Kier alpha value is -2.54. The van der Waals surface area contributed by atoms with Crippen LogP contribution in [0.5, 0.6) is 0 Å². The fourth-order valence-electron chi connectivity index (χ4n) is 1.97. The van der Waals surface area contributed by atoms with Crippen LogP contribution in [0.2, 0.25) is 0 Å². The molecule has 0 saturated carbocycles. The fraction of sp³-hybridized carbons (Fsp3) is 0.200. The van der Waals surface area contributed by atoms with Gasteiger partial charge in [-0.15, -0.1) is 0 Å². The number of nitrogens with zero attached hydrogens (tertiary/aromatic N) is 1. The first kappa shape index (κ1) is 12.9. The van der Waals surface area contributed by atoms with E-state index in [4.69, 9.17) is 10.00 Å². The second-order valence-corrected chi connectivity index (χ2v) is 4.12. The van der Waals surface area contributed by atoms with Crippen LogP contribution in [0.4, 0.5) is 5.69 Å². The number of carbonyl (C=O) groups is 1. The van der Waals surface area contributed by atoms with Gasteiger partial charge < -0.3 is 10.1 Å². The molecule has 0 unspecified atom stereocenters. The summed E-state index contributed by atoms with van der Waals surface area (Å²) in [5, 5.41) is 12.2. The number of allylic oxidation sites excluding steroid dienone is 2. The van der Waals surface area contributed by atoms with Crippen molar-refractivity contribution in [2.24, 2.45) is 0 Å². The highest BCUT2D eigenvalue weighted by Gasteiger charge is 2.19. The number of para-hydroxylation sites is 1. The first-order valence-corrected chi connectivity index (χ1v) is 6.03. The number of hydrogen-bond donors (Lipinski definition) is 1. The standard InChI is InChI=1S/C15H14N2O2/c1-3-19-15(18)12(9-16)14-8-10(2)11-6-4-5-7-13(11)17-14/h4-8,17H,3H2,1-2H3/b14-12-. The number of rotatable bonds is 2. The zero-order chi connectivity index (χ0) is 13.8. The van der Waals surface area contributed by atoms with Gasteiger partial charge in [-0.05, 0) is 31.6 Å². The zero-order valence-electron chi connectivity index (χ0n) is 10.9. The van der Waals surface area contributed by atoms with Crippen LogP contribution in [0.1, 0.15) is 19.4 Å². The summed E-state index contributed by atoms with van der Waals surface area (Å²) in [5.74, 6) is -0.601. The molecule has 0 aliphatic carbocycles. The van der Waals surface area contributed by atoms with E-state index in [2.05, 4.69) is 5.32 Å². The summed E-state index contributed by atoms with van der Waals surface area (Å²) in [6.07, 6.45) is 1.79. The van der Waals surface area contributed by atoms with E-state index in [1.54, 1.807) is 13.0 Å². The molecule has 19 heavy (non-hydrogen) atoms. The number of ether oxygens (including phenoxy) is 1. The Balaban J connectivity index is 2.47. The SMILES string of the molecule is CCOC(=O)/C(C#N)=C1/C=C(C)c2ccccc2N1. The van der Waals surface area contributed by atoms with Gasteiger partial charge in [-0.2, -0.15) is 5.26 Å². The van der Waals surface area contributed by atoms with Crippen LogP contribution < -0.4 is 5.32 Å². The molecule has 0 radical (unpaired) electrons. The molecule has 0 saturated heterocycles. The van der Waals surface area contributed by atoms with Gasteiger partial charge in [0.1, 0.15) is 6.07 Å². The highest BCUT2D eigenvalue weighted by molar-refractivity contribution is 5.97. The monoisotopic (exact) mass is 254 g/mol. The van der Waals surface area contributed by atoms with E-state index in [9.17, 15) is 4.79 Å². The number of hydrogen-bond acceptors (Lipinski definition) is 4. The lowest BCUT2D eigenvalue weighted by molar-refractivity contribution is -0.138. The Morgan fingerprint density at radius 3 is 2.84 bits per heavy atom. The molecule has 0 amide bonds. The van der Waals surface area contributed by atoms with E-state index in [0.29, 0.717) is 5.70 Å². The highest BCUT2D eigenvalue weighted by atomic mass is 16.5. The molecular weight excluding hydrogens is 240 g/mol. The highest BCUT2D eigenvalue weighted by Crippen LogP contribution is 2.31. The van der Waals surface area contributed by atoms with Gasteiger partial charge in [0.05, 0.1) is 12.3 Å². The summed E-state index contributed by atoms with van der Waals surface area (Å²) in [7, 11) is 0. The molecule has 0 atom stereocenters. The van der Waals surface area contributed by atoms with E-state index in [1.807, 2.05) is 37.3 Å². The normalized spacial score (nSPS) is 15.5. The average molecular weight is 254 g/mol. The predicted molar refractivity (Wildman–Crippen MR) is 73.0 cm³/mol. The first-order chi connectivity index (χ1) is 9.17. The maximum absolute atomic E-state index is 11.7. The number of nitriles is 1. The van der Waals surface area contributed by atoms with Crippen LogP contribution in [0.15, 0.2) is 41.6 Å². The molecule has 1 N–H and O–H groups in total. The number of carbonyl (C=O) groups excluding carboxylic acids is 1. The second-order valence-electron chi connectivity index (χ2n) is 4.12. The largest absolute Gasteiger partial charge is 0.462 e. The summed E-state index contributed by atoms with van der Waals surface area (Å²) >= 11 is 0. The van der Waals surface area contributed by atoms with Crippen molar-refractivity contribution < 1.29 is 9.53 Å². The van der Waals surface area contributed by atoms with Crippen molar-refractivity contribution in [1.82, 2.24) is 0 Å². The molecule has 0 bridgehead atoms. The Morgan fingerprint density at radius 1 is 1.42 bits per heavy atom. The van der Waals surface area contributed by atoms with Crippen molar-refractivity contribution in [3.8, 4) is 6.07 Å². The van der Waals surface area contributed by atoms with E-state index in [0.717, 1.165) is 16.8 Å². The van der Waals surface area contributed by atoms with Gasteiger partial charge >= 0.3 is 5.97 Å². The minimum Gasteiger partial charge on any atom is -0.462 e. The lowest BCUT2D eigenvalue weighted by Crippen LogP contribution is -2.14. The molecule has 1 aromatic carbocycles. The summed E-state index contributed by atoms with van der Waals surface area (Å²) in [6.45, 7) is 3.90. The summed E-state index contributed by atoms with van der Waals surface area (Å²) < 4.78 is 4.88. The number of nitrogens with one attached hydrogen (secondary N) is 1. The van der Waals surface area contributed by atoms with Gasteiger partial charge in [0.25, 0.3) is 0 Å². The van der Waals surface area contributed by atoms with Crippen LogP contribution in [-0.4, -0.2) is 12.6 Å². The minimum atomic E-state index is -0.601. The van der Waals surface area contributed by atoms with Gasteiger partial charge in [-0.1, -0.05) is 18.2 Å². The third-order valence-corrected chi connectivity index (χ3v) is 2.84. The van der Waals surface area contributed by atoms with Crippen molar-refractivity contribution in [1.29, 1.82) is 5.26 Å². The van der Waals surface area contributed by atoms with Crippen LogP contribution in [0.3, 0.4) is 0 Å². The van der Waals surface area contributed by atoms with Crippen molar-refractivity contribution in [3.63, 3.8) is 0 Å². The Morgan fingerprint density at radius 2 is 2.16 bits per heavy atom. The average Bonchev–Trinajstić information content (AvgIpc) is 2.40. The van der Waals surface area contributed by atoms with Crippen molar-refractivity contribution in [2.75, 3.05) is 11.9 Å². The molecule has 96 valence electrons. The molecule has 0 aromatic heterocycles. The van der Waals surface area contributed by atoms with Crippen LogP contribution in [-0.2, 0) is 9.53 Å². The predicted octanol–water partition coefficient (Wildman–Crippen LogP) is 2.86. The Bertz CT molecular complexity index is 621. The van der Waals surface area contributed by atoms with E-state index >= 15 is 0 Å². The number of benzene rings is 1. The van der Waals surface area contributed by atoms with E-state index in [1.165, 1.54) is 0 Å². The molecule has 4 heteroatoms. The van der Waals surface area contributed by atoms with Gasteiger partial charge in [-0.3, -0.25) is 0 Å². The molecule has 1 aliphatic rings. The Kier molecular flexibility index (Phi) is 3.67. The molecule has 1 heterocycles. The fourth-order valence-corrected chi connectivity index (χ4v) is 1.97. The maximum Gasteiger partial charge on any atom is 0.351 e. The molecule has 4 nitrogen and oxygen atoms in total. The zero-order valence-corrected chi connectivity index (χ0v) is 10.9.